The molecule has 0 atom stereocenters. The first kappa shape index (κ1) is 38.6. The highest BCUT2D eigenvalue weighted by Gasteiger charge is 2.36. The number of hydrogen-bond acceptors (Lipinski definition) is 1. The Morgan fingerprint density at radius 1 is 0.483 bits per heavy atom. The van der Waals surface area contributed by atoms with Crippen molar-refractivity contribution >= 4 is 17.1 Å². The van der Waals surface area contributed by atoms with Crippen LogP contribution in [0.4, 0.5) is 17.1 Å². The van der Waals surface area contributed by atoms with E-state index in [1.54, 1.807) is 0 Å². The Balaban J connectivity index is 1.17. The molecule has 0 bridgehead atoms. The summed E-state index contributed by atoms with van der Waals surface area (Å²) in [6.07, 6.45) is 11.4. The van der Waals surface area contributed by atoms with Gasteiger partial charge in [-0.25, -0.2) is 0 Å². The largest absolute Gasteiger partial charge is 0.310 e. The Morgan fingerprint density at radius 3 is 1.81 bits per heavy atom. The summed E-state index contributed by atoms with van der Waals surface area (Å²) in [6.45, 7) is 18.8. The van der Waals surface area contributed by atoms with Gasteiger partial charge in [0, 0.05) is 22.5 Å². The number of anilines is 3. The first-order valence-electron chi connectivity index (χ1n) is 22.3. The lowest BCUT2D eigenvalue weighted by Gasteiger charge is -2.33. The molecule has 0 heterocycles. The van der Waals surface area contributed by atoms with Crippen LogP contribution in [0, 0.1) is 0 Å². The molecule has 0 saturated heterocycles. The Kier molecular flexibility index (Phi) is 9.82. The molecule has 1 heteroatoms. The predicted octanol–water partition coefficient (Wildman–Crippen LogP) is 16.3. The maximum Gasteiger partial charge on any atom is 0.0496 e. The second-order valence-electron chi connectivity index (χ2n) is 20.3. The molecule has 0 aromatic heterocycles. The number of fused-ring (bicyclic) bond motifs is 4. The van der Waals surface area contributed by atoms with Crippen LogP contribution in [0.5, 0.6) is 0 Å². The van der Waals surface area contributed by atoms with E-state index in [-0.39, 0.29) is 16.2 Å². The average Bonchev–Trinajstić information content (AvgIpc) is 3.46. The van der Waals surface area contributed by atoms with Crippen LogP contribution in [-0.2, 0) is 29.1 Å². The second kappa shape index (κ2) is 14.7. The number of benzene rings is 6. The molecular formula is C57H63N. The van der Waals surface area contributed by atoms with Crippen LogP contribution in [0.15, 0.2) is 121 Å². The second-order valence-corrected chi connectivity index (χ2v) is 20.3. The highest BCUT2D eigenvalue weighted by molar-refractivity contribution is 5.88. The highest BCUT2D eigenvalue weighted by atomic mass is 15.1. The summed E-state index contributed by atoms with van der Waals surface area (Å²) in [5.74, 6) is 0.689. The molecular weight excluding hydrogens is 699 g/mol. The molecule has 296 valence electrons. The molecule has 3 aliphatic carbocycles. The highest BCUT2D eigenvalue weighted by Crippen LogP contribution is 2.52. The first-order valence-corrected chi connectivity index (χ1v) is 22.3. The molecule has 0 unspecified atom stereocenters. The van der Waals surface area contributed by atoms with E-state index >= 15 is 0 Å². The van der Waals surface area contributed by atoms with Crippen molar-refractivity contribution in [1.82, 2.24) is 0 Å². The average molecular weight is 762 g/mol. The molecule has 0 spiro atoms. The van der Waals surface area contributed by atoms with Crippen LogP contribution in [0.2, 0.25) is 0 Å². The fourth-order valence-electron chi connectivity index (χ4n) is 10.4. The van der Waals surface area contributed by atoms with Crippen molar-refractivity contribution in [3.05, 3.63) is 160 Å². The molecule has 6 aromatic carbocycles. The van der Waals surface area contributed by atoms with Gasteiger partial charge in [0.2, 0.25) is 0 Å². The predicted molar refractivity (Wildman–Crippen MR) is 249 cm³/mol. The van der Waals surface area contributed by atoms with Crippen molar-refractivity contribution in [1.29, 1.82) is 0 Å². The summed E-state index contributed by atoms with van der Waals surface area (Å²) in [5, 5.41) is 0. The minimum absolute atomic E-state index is 0.0627. The monoisotopic (exact) mass is 761 g/mol. The van der Waals surface area contributed by atoms with E-state index in [1.165, 1.54) is 134 Å². The standard InChI is InChI=1S/C57H63N/c1-55(2,3)43-34-42(35-44(36-43)56(4,5)6)40-19-16-20-41(33-40)47-31-32-54(51-23-13-12-21-48(47)51)58(45-27-25-39(26-28-45)38-17-10-9-11-18-38)46-29-30-50-49-22-14-15-24-52(49)57(7,8)53(50)37-46/h14-16,19-20,22,24-38H,9-13,17-18,21,23H2,1-8H3. The Bertz CT molecular complexity index is 2440. The van der Waals surface area contributed by atoms with E-state index in [1.807, 2.05) is 0 Å². The summed E-state index contributed by atoms with van der Waals surface area (Å²) in [5.41, 5.74) is 22.2. The Labute approximate surface area is 349 Å². The molecule has 3 aliphatic rings. The minimum atomic E-state index is -0.0627. The third-order valence-electron chi connectivity index (χ3n) is 14.0. The van der Waals surface area contributed by atoms with Crippen LogP contribution in [0.1, 0.15) is 145 Å². The van der Waals surface area contributed by atoms with Crippen LogP contribution in [0.25, 0.3) is 33.4 Å². The zero-order valence-electron chi connectivity index (χ0n) is 36.4. The van der Waals surface area contributed by atoms with Crippen molar-refractivity contribution < 1.29 is 0 Å². The molecule has 1 saturated carbocycles. The van der Waals surface area contributed by atoms with Crippen LogP contribution >= 0.6 is 0 Å². The fourth-order valence-corrected chi connectivity index (χ4v) is 10.4. The first-order chi connectivity index (χ1) is 27.8. The van der Waals surface area contributed by atoms with Gasteiger partial charge in [0.15, 0.2) is 0 Å². The van der Waals surface area contributed by atoms with Crippen molar-refractivity contribution in [2.24, 2.45) is 0 Å². The summed E-state index contributed by atoms with van der Waals surface area (Å²) < 4.78 is 0. The van der Waals surface area contributed by atoms with Gasteiger partial charge in [-0.05, 0) is 164 Å². The van der Waals surface area contributed by atoms with Gasteiger partial charge < -0.3 is 4.90 Å². The lowest BCUT2D eigenvalue weighted by molar-refractivity contribution is 0.443. The molecule has 1 fully saturated rings. The van der Waals surface area contributed by atoms with Crippen molar-refractivity contribution in [2.45, 2.75) is 135 Å². The van der Waals surface area contributed by atoms with Crippen LogP contribution < -0.4 is 4.90 Å². The van der Waals surface area contributed by atoms with E-state index in [2.05, 4.69) is 182 Å². The molecule has 9 rings (SSSR count). The van der Waals surface area contributed by atoms with Gasteiger partial charge in [0.25, 0.3) is 0 Å². The summed E-state index contributed by atoms with van der Waals surface area (Å²) in [4.78, 5) is 2.60. The smallest absolute Gasteiger partial charge is 0.0496 e. The van der Waals surface area contributed by atoms with Crippen molar-refractivity contribution in [3.8, 4) is 33.4 Å². The lowest BCUT2D eigenvalue weighted by Crippen LogP contribution is -2.18. The van der Waals surface area contributed by atoms with Crippen LogP contribution in [-0.4, -0.2) is 0 Å². The van der Waals surface area contributed by atoms with Crippen molar-refractivity contribution in [3.63, 3.8) is 0 Å². The van der Waals surface area contributed by atoms with E-state index in [9.17, 15) is 0 Å². The maximum atomic E-state index is 2.60. The molecule has 0 aliphatic heterocycles. The summed E-state index contributed by atoms with van der Waals surface area (Å²) >= 11 is 0. The third-order valence-corrected chi connectivity index (χ3v) is 14.0. The van der Waals surface area contributed by atoms with E-state index in [0.717, 1.165) is 12.8 Å². The molecule has 1 nitrogen and oxygen atoms in total. The van der Waals surface area contributed by atoms with Gasteiger partial charge in [0.1, 0.15) is 0 Å². The molecule has 58 heavy (non-hydrogen) atoms. The zero-order chi connectivity index (χ0) is 40.4. The van der Waals surface area contributed by atoms with Gasteiger partial charge in [0.05, 0.1) is 0 Å². The SMILES string of the molecule is CC(C)(C)c1cc(-c2cccc(-c3ccc(N(c4ccc(C5CCCCC5)cc4)c4ccc5c(c4)C(C)(C)c4ccccc4-5)c4c3CCCC4)c2)cc(C(C)(C)C)c1. The molecule has 0 amide bonds. The zero-order valence-corrected chi connectivity index (χ0v) is 36.4. The van der Waals surface area contributed by atoms with Gasteiger partial charge in [-0.1, -0.05) is 160 Å². The third kappa shape index (κ3) is 7.03. The van der Waals surface area contributed by atoms with Gasteiger partial charge >= 0.3 is 0 Å². The Morgan fingerprint density at radius 2 is 1.10 bits per heavy atom. The maximum absolute atomic E-state index is 2.60. The fraction of sp³-hybridized carbons (Fsp3) is 0.368. The summed E-state index contributed by atoms with van der Waals surface area (Å²) in [6, 6.07) is 47.6. The van der Waals surface area contributed by atoms with Gasteiger partial charge in [-0.15, -0.1) is 0 Å². The van der Waals surface area contributed by atoms with E-state index < -0.39 is 0 Å². The minimum Gasteiger partial charge on any atom is -0.310 e. The number of rotatable bonds is 6. The van der Waals surface area contributed by atoms with Crippen LogP contribution in [0.3, 0.4) is 0 Å². The summed E-state index contributed by atoms with van der Waals surface area (Å²) in [7, 11) is 0. The van der Waals surface area contributed by atoms with Gasteiger partial charge in [-0.3, -0.25) is 0 Å². The van der Waals surface area contributed by atoms with E-state index in [4.69, 9.17) is 0 Å². The topological polar surface area (TPSA) is 3.24 Å². The Hall–Kier alpha value is -4.88. The number of nitrogens with zero attached hydrogens (tertiary/aromatic N) is 1. The quantitative estimate of drug-likeness (QED) is 0.163. The molecule has 0 radical (unpaired) electrons. The van der Waals surface area contributed by atoms with E-state index in [0.29, 0.717) is 5.92 Å². The number of hydrogen-bond donors (Lipinski definition) is 0. The van der Waals surface area contributed by atoms with Gasteiger partial charge in [-0.2, -0.15) is 0 Å². The lowest BCUT2D eigenvalue weighted by atomic mass is 9.78. The molecule has 0 N–H and O–H groups in total. The normalized spacial score (nSPS) is 16.4. The van der Waals surface area contributed by atoms with Crippen molar-refractivity contribution in [2.75, 3.05) is 4.90 Å². The molecule has 6 aromatic rings.